The Balaban J connectivity index is 2.24. The van der Waals surface area contributed by atoms with Crippen LogP contribution >= 0.6 is 11.8 Å². The Hall–Kier alpha value is -1.59. The molecule has 0 saturated carbocycles. The number of H-pyrrole nitrogens is 1. The first-order valence-corrected chi connectivity index (χ1v) is 7.90. The zero-order valence-electron chi connectivity index (χ0n) is 11.8. The molecule has 0 unspecified atom stereocenters. The van der Waals surface area contributed by atoms with Gasteiger partial charge in [0.15, 0.2) is 0 Å². The molecule has 0 spiro atoms. The monoisotopic (exact) mass is 289 g/mol. The van der Waals surface area contributed by atoms with E-state index in [0.29, 0.717) is 12.4 Å². The van der Waals surface area contributed by atoms with Crippen molar-refractivity contribution in [2.45, 2.75) is 24.8 Å². The average Bonchev–Trinajstić information content (AvgIpc) is 2.47. The quantitative estimate of drug-likeness (QED) is 0.634. The van der Waals surface area contributed by atoms with Crippen molar-refractivity contribution in [1.29, 1.82) is 0 Å². The summed E-state index contributed by atoms with van der Waals surface area (Å²) in [5.74, 6) is 0.624. The van der Waals surface area contributed by atoms with Gasteiger partial charge >= 0.3 is 0 Å². The fourth-order valence-electron chi connectivity index (χ4n) is 1.88. The maximum absolute atomic E-state index is 11.7. The van der Waals surface area contributed by atoms with E-state index in [1.54, 1.807) is 17.8 Å². The van der Waals surface area contributed by atoms with Gasteiger partial charge in [-0.3, -0.25) is 4.79 Å². The van der Waals surface area contributed by atoms with Gasteiger partial charge in [0.05, 0.1) is 5.69 Å². The lowest BCUT2D eigenvalue weighted by Gasteiger charge is -2.06. The number of rotatable bonds is 6. The van der Waals surface area contributed by atoms with Gasteiger partial charge in [-0.15, -0.1) is 11.8 Å². The number of thioether (sulfide) groups is 1. The first-order chi connectivity index (χ1) is 9.72. The molecule has 0 aliphatic carbocycles. The van der Waals surface area contributed by atoms with Crippen molar-refractivity contribution in [3.63, 3.8) is 0 Å². The molecule has 0 fully saturated rings. The van der Waals surface area contributed by atoms with Crippen LogP contribution in [0.15, 0.2) is 40.0 Å². The molecule has 1 aromatic carbocycles. The van der Waals surface area contributed by atoms with Gasteiger partial charge in [-0.05, 0) is 31.4 Å². The highest BCUT2D eigenvalue weighted by Gasteiger charge is 2.04. The molecule has 2 rings (SSSR count). The Morgan fingerprint density at radius 2 is 2.05 bits per heavy atom. The molecule has 0 amide bonds. The number of hydrogen-bond donors (Lipinski definition) is 2. The Labute approximate surface area is 123 Å². The van der Waals surface area contributed by atoms with Crippen LogP contribution in [0.2, 0.25) is 0 Å². The first kappa shape index (κ1) is 14.8. The van der Waals surface area contributed by atoms with E-state index in [1.165, 1.54) is 4.90 Å². The summed E-state index contributed by atoms with van der Waals surface area (Å²) >= 11 is 1.69. The van der Waals surface area contributed by atoms with Crippen molar-refractivity contribution in [3.8, 4) is 11.4 Å². The molecule has 5 heteroatoms. The third-order valence-electron chi connectivity index (χ3n) is 2.89. The molecule has 0 aliphatic heterocycles. The second-order valence-corrected chi connectivity index (χ2v) is 5.37. The highest BCUT2D eigenvalue weighted by atomic mass is 32.2. The maximum Gasteiger partial charge on any atom is 0.251 e. The lowest BCUT2D eigenvalue weighted by molar-refractivity contribution is 0.662. The maximum atomic E-state index is 11.7. The molecule has 0 bridgehead atoms. The van der Waals surface area contributed by atoms with E-state index in [2.05, 4.69) is 22.2 Å². The van der Waals surface area contributed by atoms with Crippen LogP contribution in [-0.2, 0) is 6.54 Å². The van der Waals surface area contributed by atoms with E-state index in [-0.39, 0.29) is 5.56 Å². The molecular weight excluding hydrogens is 270 g/mol. The minimum atomic E-state index is -0.114. The number of hydrogen-bond acceptors (Lipinski definition) is 4. The van der Waals surface area contributed by atoms with Gasteiger partial charge in [0, 0.05) is 23.1 Å². The molecule has 1 heterocycles. The summed E-state index contributed by atoms with van der Waals surface area (Å²) in [7, 11) is 0. The van der Waals surface area contributed by atoms with Gasteiger partial charge in [-0.1, -0.05) is 19.1 Å². The summed E-state index contributed by atoms with van der Waals surface area (Å²) in [5, 5.41) is 3.26. The van der Waals surface area contributed by atoms with Crippen molar-refractivity contribution < 1.29 is 0 Å². The van der Waals surface area contributed by atoms with Crippen LogP contribution in [-0.4, -0.2) is 22.8 Å². The van der Waals surface area contributed by atoms with Crippen LogP contribution in [0.4, 0.5) is 0 Å². The highest BCUT2D eigenvalue weighted by molar-refractivity contribution is 7.98. The van der Waals surface area contributed by atoms with Crippen LogP contribution in [0.25, 0.3) is 11.4 Å². The van der Waals surface area contributed by atoms with Crippen molar-refractivity contribution >= 4 is 11.8 Å². The van der Waals surface area contributed by atoms with Gasteiger partial charge < -0.3 is 10.3 Å². The van der Waals surface area contributed by atoms with E-state index in [0.717, 1.165) is 24.2 Å². The minimum absolute atomic E-state index is 0.114. The van der Waals surface area contributed by atoms with Crippen LogP contribution in [0, 0.1) is 0 Å². The van der Waals surface area contributed by atoms with Gasteiger partial charge in [-0.25, -0.2) is 4.98 Å². The van der Waals surface area contributed by atoms with E-state index in [9.17, 15) is 4.79 Å². The summed E-state index contributed by atoms with van der Waals surface area (Å²) in [5.41, 5.74) is 1.58. The zero-order valence-corrected chi connectivity index (χ0v) is 12.6. The van der Waals surface area contributed by atoms with Crippen molar-refractivity contribution in [2.75, 3.05) is 12.8 Å². The highest BCUT2D eigenvalue weighted by Crippen LogP contribution is 2.19. The van der Waals surface area contributed by atoms with Crippen LogP contribution in [0.3, 0.4) is 0 Å². The minimum Gasteiger partial charge on any atom is -0.311 e. The van der Waals surface area contributed by atoms with Crippen molar-refractivity contribution in [2.24, 2.45) is 0 Å². The summed E-state index contributed by atoms with van der Waals surface area (Å²) in [4.78, 5) is 20.2. The van der Waals surface area contributed by atoms with E-state index in [4.69, 9.17) is 0 Å². The van der Waals surface area contributed by atoms with Crippen molar-refractivity contribution in [3.05, 3.63) is 46.4 Å². The Bertz CT molecular complexity index is 607. The first-order valence-electron chi connectivity index (χ1n) is 6.68. The van der Waals surface area contributed by atoms with Gasteiger partial charge in [0.1, 0.15) is 5.82 Å². The van der Waals surface area contributed by atoms with Crippen LogP contribution < -0.4 is 10.9 Å². The Kier molecular flexibility index (Phi) is 5.38. The molecular formula is C15H19N3OS. The smallest absolute Gasteiger partial charge is 0.251 e. The van der Waals surface area contributed by atoms with Crippen LogP contribution in [0.5, 0.6) is 0 Å². The predicted molar refractivity (Wildman–Crippen MR) is 84.1 cm³/mol. The number of nitrogens with zero attached hydrogens (tertiary/aromatic N) is 1. The van der Waals surface area contributed by atoms with Gasteiger partial charge in [0.25, 0.3) is 5.56 Å². The Morgan fingerprint density at radius 1 is 1.30 bits per heavy atom. The van der Waals surface area contributed by atoms with Gasteiger partial charge in [0.2, 0.25) is 0 Å². The summed E-state index contributed by atoms with van der Waals surface area (Å²) < 4.78 is 0. The van der Waals surface area contributed by atoms with Gasteiger partial charge in [-0.2, -0.15) is 0 Å². The number of aromatic amines is 1. The molecule has 106 valence electrons. The molecule has 4 nitrogen and oxygen atoms in total. The van der Waals surface area contributed by atoms with E-state index < -0.39 is 0 Å². The van der Waals surface area contributed by atoms with E-state index >= 15 is 0 Å². The number of nitrogens with one attached hydrogen (secondary N) is 2. The SMILES string of the molecule is CCCNCc1cc(=O)[nH]c(-c2ccc(SC)cc2)n1. The second kappa shape index (κ2) is 7.26. The van der Waals surface area contributed by atoms with Crippen molar-refractivity contribution in [1.82, 2.24) is 15.3 Å². The molecule has 0 aliphatic rings. The lowest BCUT2D eigenvalue weighted by atomic mass is 10.2. The largest absolute Gasteiger partial charge is 0.311 e. The summed E-state index contributed by atoms with van der Waals surface area (Å²) in [6.07, 6.45) is 3.10. The molecule has 1 aromatic heterocycles. The normalized spacial score (nSPS) is 10.7. The third-order valence-corrected chi connectivity index (χ3v) is 3.63. The summed E-state index contributed by atoms with van der Waals surface area (Å²) in [6.45, 7) is 3.65. The second-order valence-electron chi connectivity index (χ2n) is 4.49. The standard InChI is InChI=1S/C15H19N3OS/c1-3-8-16-10-12-9-14(19)18-15(17-12)11-4-6-13(20-2)7-5-11/h4-7,9,16H,3,8,10H2,1-2H3,(H,17,18,19). The third kappa shape index (κ3) is 3.95. The molecule has 2 N–H and O–H groups in total. The Morgan fingerprint density at radius 3 is 2.70 bits per heavy atom. The number of benzene rings is 1. The van der Waals surface area contributed by atoms with E-state index in [1.807, 2.05) is 30.5 Å². The molecule has 0 atom stereocenters. The predicted octanol–water partition coefficient (Wildman–Crippen LogP) is 2.66. The molecule has 2 aromatic rings. The fraction of sp³-hybridized carbons (Fsp3) is 0.333. The lowest BCUT2D eigenvalue weighted by Crippen LogP contribution is -2.18. The molecule has 0 saturated heterocycles. The fourth-order valence-corrected chi connectivity index (χ4v) is 2.29. The average molecular weight is 289 g/mol. The molecule has 0 radical (unpaired) electrons. The topological polar surface area (TPSA) is 57.8 Å². The molecule has 20 heavy (non-hydrogen) atoms. The number of aromatic nitrogens is 2. The summed E-state index contributed by atoms with van der Waals surface area (Å²) in [6, 6.07) is 9.56. The van der Waals surface area contributed by atoms with Crippen LogP contribution in [0.1, 0.15) is 19.0 Å². The zero-order chi connectivity index (χ0) is 14.4.